The fourth-order valence-corrected chi connectivity index (χ4v) is 3.92. The molecule has 37 heavy (non-hydrogen) atoms. The smallest absolute Gasteiger partial charge is 0.329 e. The predicted octanol–water partition coefficient (Wildman–Crippen LogP) is 5.06. The van der Waals surface area contributed by atoms with Gasteiger partial charge in [-0.2, -0.15) is 0 Å². The molecule has 2 aliphatic heterocycles. The maximum atomic E-state index is 13.2. The fourth-order valence-electron chi connectivity index (χ4n) is 3.92. The first kappa shape index (κ1) is 29.4. The van der Waals surface area contributed by atoms with E-state index in [0.717, 1.165) is 43.2 Å². The minimum absolute atomic E-state index is 0.00592. The second kappa shape index (κ2) is 14.0. The molecule has 3 aromatic rings. The number of rotatable bonds is 3. The molecule has 0 radical (unpaired) electrons. The van der Waals surface area contributed by atoms with Crippen molar-refractivity contribution in [2.75, 3.05) is 34.8 Å². The molecule has 1 atom stereocenters. The summed E-state index contributed by atoms with van der Waals surface area (Å²) in [5, 5.41) is 5.61. The molecule has 5 rings (SSSR count). The number of nitrogens with zero attached hydrogens (tertiary/aromatic N) is 5. The van der Waals surface area contributed by atoms with Crippen LogP contribution in [0.2, 0.25) is 0 Å². The maximum absolute atomic E-state index is 13.2. The summed E-state index contributed by atoms with van der Waals surface area (Å²) in [6.07, 6.45) is 1.88. The number of H-pyrrole nitrogens is 1. The summed E-state index contributed by atoms with van der Waals surface area (Å²) in [5.41, 5.74) is 2.67. The molecule has 0 spiro atoms. The number of amides is 3. The van der Waals surface area contributed by atoms with E-state index in [2.05, 4.69) is 35.5 Å². The monoisotopic (exact) mass is 518 g/mol. The van der Waals surface area contributed by atoms with Gasteiger partial charge in [0.1, 0.15) is 11.5 Å². The number of anilines is 3. The molecule has 5 heterocycles. The van der Waals surface area contributed by atoms with Crippen LogP contribution in [0.5, 0.6) is 0 Å². The van der Waals surface area contributed by atoms with Gasteiger partial charge in [-0.05, 0) is 32.4 Å². The molecule has 2 aliphatic rings. The minimum atomic E-state index is -2.17. The van der Waals surface area contributed by atoms with E-state index in [0.29, 0.717) is 23.9 Å². The van der Waals surface area contributed by atoms with Gasteiger partial charge in [-0.3, -0.25) is 15.0 Å². The van der Waals surface area contributed by atoms with E-state index in [1.807, 2.05) is 40.7 Å². The van der Waals surface area contributed by atoms with Crippen molar-refractivity contribution in [2.24, 2.45) is 0 Å². The molecule has 2 bridgehead atoms. The molecule has 0 aromatic carbocycles. The van der Waals surface area contributed by atoms with Crippen LogP contribution in [0.15, 0.2) is 30.7 Å². The SMILES string of the molecule is CC.CC.CC(F)F.CCNC(=O)c1ccc2c(n1)N(C(=O)Nc1cc3nc[nH]c3cn1)C1CCN2C1. The number of alkyl halides is 2. The van der Waals surface area contributed by atoms with Crippen molar-refractivity contribution in [3.63, 3.8) is 0 Å². The van der Waals surface area contributed by atoms with Gasteiger partial charge < -0.3 is 15.2 Å². The van der Waals surface area contributed by atoms with Crippen LogP contribution in [0.3, 0.4) is 0 Å². The van der Waals surface area contributed by atoms with Crippen molar-refractivity contribution < 1.29 is 18.4 Å². The predicted molar refractivity (Wildman–Crippen MR) is 143 cm³/mol. The van der Waals surface area contributed by atoms with Gasteiger partial charge in [0.25, 0.3) is 5.91 Å². The topological polar surface area (TPSA) is 119 Å². The Morgan fingerprint density at radius 2 is 1.89 bits per heavy atom. The van der Waals surface area contributed by atoms with Crippen molar-refractivity contribution in [1.82, 2.24) is 25.3 Å². The lowest BCUT2D eigenvalue weighted by atomic mass is 10.1. The van der Waals surface area contributed by atoms with Crippen LogP contribution in [0, 0.1) is 0 Å². The Kier molecular flexibility index (Phi) is 11.2. The molecule has 0 saturated carbocycles. The molecule has 1 fully saturated rings. The van der Waals surface area contributed by atoms with E-state index in [9.17, 15) is 18.4 Å². The Labute approximate surface area is 215 Å². The Hall–Kier alpha value is -3.83. The molecule has 1 unspecified atom stereocenters. The number of aromatic nitrogens is 4. The minimum Gasteiger partial charge on any atom is -0.366 e. The van der Waals surface area contributed by atoms with Gasteiger partial charge in [0.2, 0.25) is 6.43 Å². The van der Waals surface area contributed by atoms with Crippen LogP contribution in [-0.2, 0) is 0 Å². The molecule has 202 valence electrons. The van der Waals surface area contributed by atoms with Crippen LogP contribution in [-0.4, -0.2) is 64.0 Å². The van der Waals surface area contributed by atoms with Gasteiger partial charge in [-0.25, -0.2) is 28.5 Å². The summed E-state index contributed by atoms with van der Waals surface area (Å²) < 4.78 is 20.7. The van der Waals surface area contributed by atoms with Gasteiger partial charge >= 0.3 is 6.03 Å². The highest BCUT2D eigenvalue weighted by molar-refractivity contribution is 6.05. The van der Waals surface area contributed by atoms with E-state index in [-0.39, 0.29) is 18.0 Å². The number of pyridine rings is 2. The highest BCUT2D eigenvalue weighted by Crippen LogP contribution is 2.39. The lowest BCUT2D eigenvalue weighted by molar-refractivity contribution is 0.0950. The molecule has 3 amide bonds. The average Bonchev–Trinajstić information content (AvgIpc) is 3.53. The van der Waals surface area contributed by atoms with Crippen LogP contribution >= 0.6 is 0 Å². The third-order valence-corrected chi connectivity index (χ3v) is 5.28. The van der Waals surface area contributed by atoms with E-state index in [4.69, 9.17) is 0 Å². The normalized spacial score (nSPS) is 14.9. The first-order valence-corrected chi connectivity index (χ1v) is 12.6. The Balaban J connectivity index is 0.000000541. The van der Waals surface area contributed by atoms with Gasteiger partial charge in [0, 0.05) is 25.7 Å². The standard InChI is InChI=1S/C19H20N8O2.C2H4F2.2C2H6/c1-2-20-18(28)12-3-4-15-17(24-12)27(11-5-6-26(15)9-11)19(29)25-16-7-13-14(8-21-16)23-10-22-13;1-2(3)4;2*1-2/h3-4,7-8,10-11H,2,5-6,9H2,1H3,(H,20,28)(H,22,23)(H,21,25,29);2H,1H3;2*1-2H3. The largest absolute Gasteiger partial charge is 0.366 e. The molecule has 12 heteroatoms. The zero-order valence-electron chi connectivity index (χ0n) is 22.2. The van der Waals surface area contributed by atoms with Gasteiger partial charge in [0.15, 0.2) is 5.82 Å². The number of aromatic amines is 1. The molecule has 3 aromatic heterocycles. The van der Waals surface area contributed by atoms with Crippen LogP contribution < -0.4 is 20.4 Å². The van der Waals surface area contributed by atoms with Crippen molar-refractivity contribution in [3.05, 3.63) is 36.4 Å². The number of hydrogen-bond acceptors (Lipinski definition) is 6. The van der Waals surface area contributed by atoms with Crippen molar-refractivity contribution in [2.45, 2.75) is 60.4 Å². The molecule has 10 nitrogen and oxygen atoms in total. The second-order valence-electron chi connectivity index (χ2n) is 7.60. The highest BCUT2D eigenvalue weighted by Gasteiger charge is 2.40. The Bertz CT molecular complexity index is 1170. The summed E-state index contributed by atoms with van der Waals surface area (Å²) in [6.45, 7) is 12.8. The zero-order valence-corrected chi connectivity index (χ0v) is 22.2. The fraction of sp³-hybridized carbons (Fsp3) is 0.480. The summed E-state index contributed by atoms with van der Waals surface area (Å²) in [5.74, 6) is 0.659. The van der Waals surface area contributed by atoms with E-state index in [1.165, 1.54) is 0 Å². The summed E-state index contributed by atoms with van der Waals surface area (Å²) >= 11 is 0. The van der Waals surface area contributed by atoms with E-state index in [1.54, 1.807) is 29.6 Å². The number of carbonyl (C=O) groups excluding carboxylic acids is 2. The van der Waals surface area contributed by atoms with Crippen molar-refractivity contribution in [1.29, 1.82) is 0 Å². The van der Waals surface area contributed by atoms with E-state index >= 15 is 0 Å². The average molecular weight is 519 g/mol. The Morgan fingerprint density at radius 3 is 2.57 bits per heavy atom. The van der Waals surface area contributed by atoms with E-state index < -0.39 is 6.43 Å². The van der Waals surface area contributed by atoms with Gasteiger partial charge in [0.05, 0.1) is 35.3 Å². The molecule has 1 saturated heterocycles. The third kappa shape index (κ3) is 7.11. The van der Waals surface area contributed by atoms with Crippen LogP contribution in [0.1, 0.15) is 58.5 Å². The zero-order chi connectivity index (χ0) is 27.5. The Morgan fingerprint density at radius 1 is 1.19 bits per heavy atom. The van der Waals surface area contributed by atoms with Gasteiger partial charge in [-0.1, -0.05) is 27.7 Å². The third-order valence-electron chi connectivity index (χ3n) is 5.28. The number of carbonyl (C=O) groups is 2. The van der Waals surface area contributed by atoms with Crippen molar-refractivity contribution in [3.8, 4) is 0 Å². The maximum Gasteiger partial charge on any atom is 0.329 e. The van der Waals surface area contributed by atoms with Gasteiger partial charge in [-0.15, -0.1) is 0 Å². The second-order valence-corrected chi connectivity index (χ2v) is 7.60. The number of nitrogens with one attached hydrogen (secondary N) is 3. The lowest BCUT2D eigenvalue weighted by Crippen LogP contribution is -2.48. The first-order valence-electron chi connectivity index (χ1n) is 12.6. The summed E-state index contributed by atoms with van der Waals surface area (Å²) in [6, 6.07) is 4.96. The van der Waals surface area contributed by atoms with Crippen LogP contribution in [0.25, 0.3) is 11.0 Å². The molecular weight excluding hydrogens is 482 g/mol. The number of fused-ring (bicyclic) bond motifs is 5. The van der Waals surface area contributed by atoms with Crippen molar-refractivity contribution >= 4 is 40.3 Å². The van der Waals surface area contributed by atoms with Crippen LogP contribution in [0.4, 0.5) is 30.9 Å². The number of halogens is 2. The molecule has 0 aliphatic carbocycles. The highest BCUT2D eigenvalue weighted by atomic mass is 19.3. The number of urea groups is 1. The quantitative estimate of drug-likeness (QED) is 0.446. The number of hydrogen-bond donors (Lipinski definition) is 3. The lowest BCUT2D eigenvalue weighted by Gasteiger charge is -2.35. The summed E-state index contributed by atoms with van der Waals surface area (Å²) in [7, 11) is 0. The molecule has 3 N–H and O–H groups in total. The number of imidazole rings is 1. The first-order chi connectivity index (χ1) is 17.9. The molecular formula is C25H36F2N8O2. The summed E-state index contributed by atoms with van der Waals surface area (Å²) in [4.78, 5) is 45.3.